The summed E-state index contributed by atoms with van der Waals surface area (Å²) < 4.78 is 18.2. The van der Waals surface area contributed by atoms with Gasteiger partial charge in [-0.25, -0.2) is 4.39 Å². The second kappa shape index (κ2) is 4.57. The monoisotopic (exact) mass is 233 g/mol. The second-order valence-corrected chi connectivity index (χ2v) is 3.62. The van der Waals surface area contributed by atoms with E-state index in [1.165, 1.54) is 12.1 Å². The topological polar surface area (TPSA) is 35.2 Å². The Balaban J connectivity index is 2.78. The Morgan fingerprint density at radius 1 is 1.64 bits per heavy atom. The third kappa shape index (κ3) is 2.82. The van der Waals surface area contributed by atoms with Crippen molar-refractivity contribution in [3.05, 3.63) is 29.0 Å². The van der Waals surface area contributed by atoms with Crippen molar-refractivity contribution in [2.24, 2.45) is 5.73 Å². The Bertz CT molecular complexity index is 359. The van der Waals surface area contributed by atoms with E-state index in [9.17, 15) is 4.39 Å². The van der Waals surface area contributed by atoms with Crippen molar-refractivity contribution in [2.75, 3.05) is 0 Å². The molecule has 5 heteroatoms. The van der Waals surface area contributed by atoms with Crippen molar-refractivity contribution in [1.29, 1.82) is 0 Å². The van der Waals surface area contributed by atoms with Crippen LogP contribution in [0.1, 0.15) is 6.92 Å². The van der Waals surface area contributed by atoms with Crippen molar-refractivity contribution < 1.29 is 9.13 Å². The zero-order valence-corrected chi connectivity index (χ0v) is 9.03. The summed E-state index contributed by atoms with van der Waals surface area (Å²) in [5, 5.41) is 0.0559. The Morgan fingerprint density at radius 3 is 2.79 bits per heavy atom. The van der Waals surface area contributed by atoms with Crippen LogP contribution in [0.25, 0.3) is 0 Å². The molecule has 0 aliphatic rings. The highest BCUT2D eigenvalue weighted by Gasteiger charge is 2.08. The van der Waals surface area contributed by atoms with Gasteiger partial charge >= 0.3 is 0 Å². The highest BCUT2D eigenvalue weighted by atomic mass is 35.5. The Labute approximate surface area is 91.8 Å². The fraction of sp³-hybridized carbons (Fsp3) is 0.222. The largest absolute Gasteiger partial charge is 0.484 e. The predicted molar refractivity (Wildman–Crippen MR) is 58.3 cm³/mol. The Morgan fingerprint density at radius 2 is 2.29 bits per heavy atom. The first-order valence-electron chi connectivity index (χ1n) is 3.91. The quantitative estimate of drug-likeness (QED) is 0.815. The first-order chi connectivity index (χ1) is 6.50. The summed E-state index contributed by atoms with van der Waals surface area (Å²) in [5.41, 5.74) is 5.34. The fourth-order valence-electron chi connectivity index (χ4n) is 0.812. The number of hydrogen-bond donors (Lipinski definition) is 1. The maximum atomic E-state index is 13.0. The minimum Gasteiger partial charge on any atom is -0.484 e. The van der Waals surface area contributed by atoms with E-state index in [-0.39, 0.29) is 10.0 Å². The lowest BCUT2D eigenvalue weighted by Crippen LogP contribution is -2.28. The number of thiocarbonyl (C=S) groups is 1. The molecule has 1 aromatic rings. The molecule has 1 unspecified atom stereocenters. The van der Waals surface area contributed by atoms with Gasteiger partial charge in [-0.15, -0.1) is 0 Å². The smallest absolute Gasteiger partial charge is 0.145 e. The van der Waals surface area contributed by atoms with Crippen LogP contribution in [0.2, 0.25) is 5.02 Å². The van der Waals surface area contributed by atoms with Gasteiger partial charge in [0.25, 0.3) is 0 Å². The van der Waals surface area contributed by atoms with Crippen LogP contribution in [-0.4, -0.2) is 11.1 Å². The van der Waals surface area contributed by atoms with Crippen LogP contribution >= 0.6 is 23.8 Å². The molecule has 0 aromatic heterocycles. The van der Waals surface area contributed by atoms with Crippen molar-refractivity contribution >= 4 is 28.8 Å². The molecule has 0 spiro atoms. The Kier molecular flexibility index (Phi) is 3.66. The molecule has 0 heterocycles. The van der Waals surface area contributed by atoms with Crippen LogP contribution in [-0.2, 0) is 0 Å². The van der Waals surface area contributed by atoms with Crippen LogP contribution in [0.3, 0.4) is 0 Å². The lowest BCUT2D eigenvalue weighted by molar-refractivity contribution is 0.287. The van der Waals surface area contributed by atoms with Gasteiger partial charge < -0.3 is 10.5 Å². The van der Waals surface area contributed by atoms with E-state index >= 15 is 0 Å². The number of ether oxygens (including phenoxy) is 1. The molecular weight excluding hydrogens is 225 g/mol. The summed E-state index contributed by atoms with van der Waals surface area (Å²) >= 11 is 10.2. The predicted octanol–water partition coefficient (Wildman–Crippen LogP) is 2.53. The van der Waals surface area contributed by atoms with Gasteiger partial charge in [-0.05, 0) is 19.1 Å². The van der Waals surface area contributed by atoms with Gasteiger partial charge in [0, 0.05) is 6.07 Å². The molecule has 0 amide bonds. The molecule has 2 nitrogen and oxygen atoms in total. The van der Waals surface area contributed by atoms with Crippen molar-refractivity contribution in [3.8, 4) is 5.75 Å². The molecule has 1 aromatic carbocycles. The highest BCUT2D eigenvalue weighted by molar-refractivity contribution is 7.80. The van der Waals surface area contributed by atoms with E-state index in [0.29, 0.717) is 5.75 Å². The molecule has 0 aliphatic carbocycles. The summed E-state index contributed by atoms with van der Waals surface area (Å²) in [7, 11) is 0. The van der Waals surface area contributed by atoms with E-state index < -0.39 is 11.9 Å². The third-order valence-corrected chi connectivity index (χ3v) is 2.24. The van der Waals surface area contributed by atoms with E-state index in [2.05, 4.69) is 0 Å². The van der Waals surface area contributed by atoms with Gasteiger partial charge in [-0.2, -0.15) is 0 Å². The van der Waals surface area contributed by atoms with Gasteiger partial charge in [0.05, 0.1) is 5.02 Å². The summed E-state index contributed by atoms with van der Waals surface area (Å²) in [5.74, 6) is -0.175. The van der Waals surface area contributed by atoms with E-state index in [1.54, 1.807) is 13.0 Å². The average molecular weight is 234 g/mol. The molecule has 0 radical (unpaired) electrons. The molecular formula is C9H9ClFNOS. The van der Waals surface area contributed by atoms with Gasteiger partial charge in [0.2, 0.25) is 0 Å². The van der Waals surface area contributed by atoms with E-state index in [0.717, 1.165) is 0 Å². The maximum absolute atomic E-state index is 13.0. The minimum absolute atomic E-state index is 0.0559. The molecule has 14 heavy (non-hydrogen) atoms. The molecule has 76 valence electrons. The lowest BCUT2D eigenvalue weighted by Gasteiger charge is -2.12. The molecule has 0 saturated heterocycles. The average Bonchev–Trinajstić information content (AvgIpc) is 2.11. The second-order valence-electron chi connectivity index (χ2n) is 2.74. The SMILES string of the molecule is CC(Oc1ccc(Cl)c(F)c1)C(N)=S. The molecule has 0 bridgehead atoms. The fourth-order valence-corrected chi connectivity index (χ4v) is 0.978. The number of nitrogens with two attached hydrogens (primary N) is 1. The highest BCUT2D eigenvalue weighted by Crippen LogP contribution is 2.21. The number of rotatable bonds is 3. The van der Waals surface area contributed by atoms with Crippen LogP contribution < -0.4 is 10.5 Å². The number of halogens is 2. The van der Waals surface area contributed by atoms with Gasteiger partial charge in [0.15, 0.2) is 0 Å². The Hall–Kier alpha value is -0.870. The summed E-state index contributed by atoms with van der Waals surface area (Å²) in [4.78, 5) is 0.223. The van der Waals surface area contributed by atoms with Crippen molar-refractivity contribution in [1.82, 2.24) is 0 Å². The maximum Gasteiger partial charge on any atom is 0.145 e. The first kappa shape index (κ1) is 11.2. The molecule has 0 saturated carbocycles. The van der Waals surface area contributed by atoms with Crippen LogP contribution in [0, 0.1) is 5.82 Å². The molecule has 1 rings (SSSR count). The molecule has 0 aliphatic heterocycles. The standard InChI is InChI=1S/C9H9ClFNOS/c1-5(9(12)14)13-6-2-3-7(10)8(11)4-6/h2-5H,1H3,(H2,12,14). The van der Waals surface area contributed by atoms with Crippen LogP contribution in [0.4, 0.5) is 4.39 Å². The van der Waals surface area contributed by atoms with Crippen LogP contribution in [0.15, 0.2) is 18.2 Å². The van der Waals surface area contributed by atoms with Gasteiger partial charge in [-0.3, -0.25) is 0 Å². The normalized spacial score (nSPS) is 12.2. The van der Waals surface area contributed by atoms with Crippen LogP contribution in [0.5, 0.6) is 5.75 Å². The van der Waals surface area contributed by atoms with Crippen molar-refractivity contribution in [2.45, 2.75) is 13.0 Å². The summed E-state index contributed by atoms with van der Waals surface area (Å²) in [6, 6.07) is 4.16. The lowest BCUT2D eigenvalue weighted by atomic mass is 10.3. The summed E-state index contributed by atoms with van der Waals surface area (Å²) in [6.45, 7) is 1.69. The minimum atomic E-state index is -0.528. The van der Waals surface area contributed by atoms with E-state index in [4.69, 9.17) is 34.3 Å². The van der Waals surface area contributed by atoms with Gasteiger partial charge in [-0.1, -0.05) is 23.8 Å². The van der Waals surface area contributed by atoms with Gasteiger partial charge in [0.1, 0.15) is 22.7 Å². The number of hydrogen-bond acceptors (Lipinski definition) is 2. The molecule has 0 fully saturated rings. The molecule has 2 N–H and O–H groups in total. The summed E-state index contributed by atoms with van der Waals surface area (Å²) in [6.07, 6.45) is -0.425. The van der Waals surface area contributed by atoms with E-state index in [1.807, 2.05) is 0 Å². The zero-order valence-electron chi connectivity index (χ0n) is 7.46. The zero-order chi connectivity index (χ0) is 10.7. The number of benzene rings is 1. The molecule has 1 atom stereocenters. The third-order valence-electron chi connectivity index (χ3n) is 1.60. The van der Waals surface area contributed by atoms with Crippen molar-refractivity contribution in [3.63, 3.8) is 0 Å². The first-order valence-corrected chi connectivity index (χ1v) is 4.70.